The fourth-order valence-electron chi connectivity index (χ4n) is 2.42. The quantitative estimate of drug-likeness (QED) is 0.826. The van der Waals surface area contributed by atoms with Crippen LogP contribution in [-0.2, 0) is 16.0 Å². The van der Waals surface area contributed by atoms with Crippen LogP contribution >= 0.6 is 0 Å². The highest BCUT2D eigenvalue weighted by Gasteiger charge is 2.18. The molecule has 5 heteroatoms. The lowest BCUT2D eigenvalue weighted by atomic mass is 10.1. The maximum atomic E-state index is 12.2. The number of pyridine rings is 1. The summed E-state index contributed by atoms with van der Waals surface area (Å²) < 4.78 is 12.5. The van der Waals surface area contributed by atoms with Gasteiger partial charge in [0.2, 0.25) is 0 Å². The Balaban J connectivity index is 2.15. The van der Waals surface area contributed by atoms with Crippen LogP contribution in [0.5, 0.6) is 0 Å². The first-order chi connectivity index (χ1) is 9.15. The molecule has 0 amide bonds. The SMILES string of the molecule is Cc1cc(=O)n(CC2OCCO2)c2cc(N)ccc12. The third kappa shape index (κ3) is 2.22. The molecule has 1 saturated heterocycles. The highest BCUT2D eigenvalue weighted by atomic mass is 16.7. The van der Waals surface area contributed by atoms with Crippen LogP contribution in [0.2, 0.25) is 0 Å². The molecular formula is C14H16N2O3. The lowest BCUT2D eigenvalue weighted by Crippen LogP contribution is -2.27. The molecule has 0 unspecified atom stereocenters. The Hall–Kier alpha value is -1.85. The van der Waals surface area contributed by atoms with E-state index in [1.54, 1.807) is 10.6 Å². The van der Waals surface area contributed by atoms with Gasteiger partial charge in [-0.3, -0.25) is 4.79 Å². The number of hydrogen-bond donors (Lipinski definition) is 1. The lowest BCUT2D eigenvalue weighted by Gasteiger charge is -2.15. The summed E-state index contributed by atoms with van der Waals surface area (Å²) >= 11 is 0. The number of benzene rings is 1. The van der Waals surface area contributed by atoms with Crippen molar-refractivity contribution in [3.63, 3.8) is 0 Å². The van der Waals surface area contributed by atoms with Crippen LogP contribution in [0.4, 0.5) is 5.69 Å². The maximum absolute atomic E-state index is 12.2. The van der Waals surface area contributed by atoms with Gasteiger partial charge in [-0.1, -0.05) is 6.07 Å². The van der Waals surface area contributed by atoms with Gasteiger partial charge < -0.3 is 19.8 Å². The van der Waals surface area contributed by atoms with E-state index in [1.165, 1.54) is 0 Å². The van der Waals surface area contributed by atoms with E-state index in [4.69, 9.17) is 15.2 Å². The van der Waals surface area contributed by atoms with Gasteiger partial charge >= 0.3 is 0 Å². The van der Waals surface area contributed by atoms with Gasteiger partial charge in [0, 0.05) is 17.1 Å². The molecule has 1 aromatic carbocycles. The molecule has 0 spiro atoms. The Morgan fingerprint density at radius 1 is 1.32 bits per heavy atom. The van der Waals surface area contributed by atoms with E-state index >= 15 is 0 Å². The molecule has 0 radical (unpaired) electrons. The van der Waals surface area contributed by atoms with Gasteiger partial charge in [0.1, 0.15) is 0 Å². The van der Waals surface area contributed by atoms with Crippen molar-refractivity contribution < 1.29 is 9.47 Å². The molecule has 19 heavy (non-hydrogen) atoms. The number of hydrogen-bond acceptors (Lipinski definition) is 4. The van der Waals surface area contributed by atoms with Crippen LogP contribution < -0.4 is 11.3 Å². The van der Waals surface area contributed by atoms with E-state index in [-0.39, 0.29) is 11.8 Å². The summed E-state index contributed by atoms with van der Waals surface area (Å²) in [6, 6.07) is 7.23. The molecule has 3 rings (SSSR count). The van der Waals surface area contributed by atoms with Crippen molar-refractivity contribution in [1.29, 1.82) is 0 Å². The normalized spacial score (nSPS) is 16.3. The summed E-state index contributed by atoms with van der Waals surface area (Å²) in [4.78, 5) is 12.2. The first-order valence-electron chi connectivity index (χ1n) is 6.28. The minimum Gasteiger partial charge on any atom is -0.399 e. The number of anilines is 1. The maximum Gasteiger partial charge on any atom is 0.251 e. The Morgan fingerprint density at radius 2 is 2.05 bits per heavy atom. The molecule has 0 saturated carbocycles. The molecule has 2 heterocycles. The molecule has 1 aromatic heterocycles. The van der Waals surface area contributed by atoms with Crippen LogP contribution in [0.25, 0.3) is 10.9 Å². The molecule has 0 atom stereocenters. The van der Waals surface area contributed by atoms with Gasteiger partial charge in [0.05, 0.1) is 25.3 Å². The van der Waals surface area contributed by atoms with Crippen molar-refractivity contribution in [2.45, 2.75) is 19.8 Å². The van der Waals surface area contributed by atoms with E-state index < -0.39 is 0 Å². The molecule has 1 aliphatic rings. The van der Waals surface area contributed by atoms with Gasteiger partial charge in [-0.25, -0.2) is 0 Å². The van der Waals surface area contributed by atoms with E-state index in [1.807, 2.05) is 25.1 Å². The van der Waals surface area contributed by atoms with Gasteiger partial charge in [-0.05, 0) is 24.6 Å². The second-order valence-electron chi connectivity index (χ2n) is 4.72. The smallest absolute Gasteiger partial charge is 0.251 e. The van der Waals surface area contributed by atoms with Crippen molar-refractivity contribution in [1.82, 2.24) is 4.57 Å². The van der Waals surface area contributed by atoms with Crippen molar-refractivity contribution >= 4 is 16.6 Å². The fourth-order valence-corrected chi connectivity index (χ4v) is 2.42. The van der Waals surface area contributed by atoms with Gasteiger partial charge in [-0.15, -0.1) is 0 Å². The monoisotopic (exact) mass is 260 g/mol. The summed E-state index contributed by atoms with van der Waals surface area (Å²) in [5.74, 6) is 0. The number of aromatic nitrogens is 1. The summed E-state index contributed by atoms with van der Waals surface area (Å²) in [5, 5.41) is 1.02. The standard InChI is InChI=1S/C14H16N2O3/c1-9-6-13(17)16(8-14-18-4-5-19-14)12-7-10(15)2-3-11(9)12/h2-3,6-7,14H,4-5,8,15H2,1H3. The Labute approximate surface area is 110 Å². The van der Waals surface area contributed by atoms with Gasteiger partial charge in [0.15, 0.2) is 6.29 Å². The number of fused-ring (bicyclic) bond motifs is 1. The highest BCUT2D eigenvalue weighted by molar-refractivity contribution is 5.85. The van der Waals surface area contributed by atoms with Crippen molar-refractivity contribution in [3.8, 4) is 0 Å². The van der Waals surface area contributed by atoms with Crippen molar-refractivity contribution in [2.24, 2.45) is 0 Å². The van der Waals surface area contributed by atoms with Crippen LogP contribution in [-0.4, -0.2) is 24.1 Å². The average molecular weight is 260 g/mol. The number of nitrogens with zero attached hydrogens (tertiary/aromatic N) is 1. The molecule has 100 valence electrons. The summed E-state index contributed by atoms with van der Waals surface area (Å²) in [7, 11) is 0. The Kier molecular flexibility index (Phi) is 3.00. The number of aryl methyl sites for hydroxylation is 1. The summed E-state index contributed by atoms with van der Waals surface area (Å²) in [6.45, 7) is 3.46. The number of ether oxygens (including phenoxy) is 2. The number of nitrogens with two attached hydrogens (primary N) is 1. The van der Waals surface area contributed by atoms with E-state index in [9.17, 15) is 4.79 Å². The first kappa shape index (κ1) is 12.2. The molecular weight excluding hydrogens is 244 g/mol. The number of nitrogen functional groups attached to an aromatic ring is 1. The topological polar surface area (TPSA) is 66.5 Å². The van der Waals surface area contributed by atoms with Crippen molar-refractivity contribution in [2.75, 3.05) is 18.9 Å². The minimum absolute atomic E-state index is 0.0605. The van der Waals surface area contributed by atoms with Crippen LogP contribution in [0.3, 0.4) is 0 Å². The highest BCUT2D eigenvalue weighted by Crippen LogP contribution is 2.20. The zero-order valence-electron chi connectivity index (χ0n) is 10.8. The first-order valence-corrected chi connectivity index (χ1v) is 6.28. The lowest BCUT2D eigenvalue weighted by molar-refractivity contribution is -0.0522. The fraction of sp³-hybridized carbons (Fsp3) is 0.357. The predicted molar refractivity (Wildman–Crippen MR) is 73.0 cm³/mol. The third-order valence-corrected chi connectivity index (χ3v) is 3.37. The Bertz CT molecular complexity index is 672. The largest absolute Gasteiger partial charge is 0.399 e. The van der Waals surface area contributed by atoms with E-state index in [0.29, 0.717) is 25.4 Å². The summed E-state index contributed by atoms with van der Waals surface area (Å²) in [6.07, 6.45) is -0.356. The summed E-state index contributed by atoms with van der Waals surface area (Å²) in [5.41, 5.74) is 8.17. The van der Waals surface area contributed by atoms with Crippen LogP contribution in [0.15, 0.2) is 29.1 Å². The Morgan fingerprint density at radius 3 is 2.79 bits per heavy atom. The van der Waals surface area contributed by atoms with Gasteiger partial charge in [-0.2, -0.15) is 0 Å². The van der Waals surface area contributed by atoms with Crippen LogP contribution in [0.1, 0.15) is 5.56 Å². The van der Waals surface area contributed by atoms with Crippen LogP contribution in [0, 0.1) is 6.92 Å². The zero-order valence-corrected chi connectivity index (χ0v) is 10.8. The third-order valence-electron chi connectivity index (χ3n) is 3.37. The molecule has 2 aromatic rings. The molecule has 5 nitrogen and oxygen atoms in total. The second-order valence-corrected chi connectivity index (χ2v) is 4.72. The average Bonchev–Trinajstić information content (AvgIpc) is 2.87. The second kappa shape index (κ2) is 4.68. The molecule has 1 aliphatic heterocycles. The molecule has 2 N–H and O–H groups in total. The molecule has 1 fully saturated rings. The van der Waals surface area contributed by atoms with Crippen molar-refractivity contribution in [3.05, 3.63) is 40.2 Å². The van der Waals surface area contributed by atoms with Gasteiger partial charge in [0.25, 0.3) is 5.56 Å². The zero-order chi connectivity index (χ0) is 13.4. The number of rotatable bonds is 2. The van der Waals surface area contributed by atoms with E-state index in [2.05, 4.69) is 0 Å². The predicted octanol–water partition coefficient (Wildman–Crippen LogP) is 1.27. The van der Waals surface area contributed by atoms with E-state index in [0.717, 1.165) is 16.5 Å². The molecule has 0 bridgehead atoms. The minimum atomic E-state index is -0.356. The molecule has 0 aliphatic carbocycles.